The number of benzene rings is 3. The molecule has 0 bridgehead atoms. The van der Waals surface area contributed by atoms with Crippen LogP contribution >= 0.6 is 0 Å². The second-order valence-corrected chi connectivity index (χ2v) is 14.5. The lowest BCUT2D eigenvalue weighted by atomic mass is 9.82. The van der Waals surface area contributed by atoms with Crippen LogP contribution in [0.4, 0.5) is 26.3 Å². The minimum absolute atomic E-state index is 0.0456. The Kier molecular flexibility index (Phi) is 10.6. The summed E-state index contributed by atoms with van der Waals surface area (Å²) in [5.41, 5.74) is -2.09. The number of nitrogens with one attached hydrogen (secondary N) is 2. The molecule has 5 rings (SSSR count). The fourth-order valence-corrected chi connectivity index (χ4v) is 7.13. The zero-order valence-corrected chi connectivity index (χ0v) is 28.0. The number of hydrogen-bond donors (Lipinski definition) is 2. The van der Waals surface area contributed by atoms with Crippen LogP contribution < -0.4 is 10.0 Å². The van der Waals surface area contributed by atoms with E-state index in [0.717, 1.165) is 37.7 Å². The van der Waals surface area contributed by atoms with Gasteiger partial charge in [0.05, 0.1) is 27.2 Å². The maximum Gasteiger partial charge on any atom is 0.416 e. The zero-order chi connectivity index (χ0) is 36.4. The Morgan fingerprint density at radius 1 is 0.820 bits per heavy atom. The first-order valence-corrected chi connectivity index (χ1v) is 17.6. The van der Waals surface area contributed by atoms with Crippen molar-refractivity contribution in [2.45, 2.75) is 81.6 Å². The molecule has 1 unspecified atom stereocenters. The van der Waals surface area contributed by atoms with E-state index in [2.05, 4.69) is 15.0 Å². The number of hydrogen-bond acceptors (Lipinski definition) is 5. The van der Waals surface area contributed by atoms with E-state index in [4.69, 9.17) is 0 Å². The van der Waals surface area contributed by atoms with E-state index < -0.39 is 51.4 Å². The molecule has 0 radical (unpaired) electrons. The maximum absolute atomic E-state index is 13.5. The molecule has 14 heteroatoms. The van der Waals surface area contributed by atoms with Gasteiger partial charge in [0, 0.05) is 29.0 Å². The van der Waals surface area contributed by atoms with Gasteiger partial charge in [-0.3, -0.25) is 9.59 Å². The highest BCUT2D eigenvalue weighted by molar-refractivity contribution is 7.90. The second kappa shape index (κ2) is 14.4. The van der Waals surface area contributed by atoms with Crippen molar-refractivity contribution in [3.63, 3.8) is 0 Å². The third-order valence-corrected chi connectivity index (χ3v) is 10.3. The lowest BCUT2D eigenvalue weighted by molar-refractivity contribution is -0.143. The van der Waals surface area contributed by atoms with E-state index in [-0.39, 0.29) is 51.6 Å². The van der Waals surface area contributed by atoms with Crippen LogP contribution in [0.25, 0.3) is 22.2 Å². The van der Waals surface area contributed by atoms with Crippen molar-refractivity contribution in [2.75, 3.05) is 0 Å². The van der Waals surface area contributed by atoms with Crippen LogP contribution in [0.15, 0.2) is 77.7 Å². The first-order chi connectivity index (χ1) is 23.4. The maximum atomic E-state index is 13.5. The summed E-state index contributed by atoms with van der Waals surface area (Å²) < 4.78 is 108. The van der Waals surface area contributed by atoms with Gasteiger partial charge < -0.3 is 5.32 Å². The summed E-state index contributed by atoms with van der Waals surface area (Å²) in [4.78, 5) is 30.8. The molecule has 0 saturated heterocycles. The number of halogens is 6. The van der Waals surface area contributed by atoms with Gasteiger partial charge in [0.2, 0.25) is 5.91 Å². The first kappa shape index (κ1) is 36.8. The van der Waals surface area contributed by atoms with Crippen LogP contribution in [0, 0.1) is 5.92 Å². The van der Waals surface area contributed by atoms with E-state index >= 15 is 0 Å². The van der Waals surface area contributed by atoms with Crippen LogP contribution in [0.1, 0.15) is 85.3 Å². The number of sulfonamides is 1. The average molecular weight is 720 g/mol. The SMILES string of the molecule is CC(C)c1ccc(S(=O)(=O)NC(=O)CC(NC(=O)c2ccc3nc(-c4cc(C(F)(F)F)cc(C(F)(F)F)c4)ccc3c2)C2CCCCC2)cc1. The highest BCUT2D eigenvalue weighted by Crippen LogP contribution is 2.38. The van der Waals surface area contributed by atoms with Gasteiger partial charge in [0.15, 0.2) is 0 Å². The lowest BCUT2D eigenvalue weighted by Crippen LogP contribution is -2.45. The summed E-state index contributed by atoms with van der Waals surface area (Å²) in [6.07, 6.45) is -6.07. The number of amides is 2. The smallest absolute Gasteiger partial charge is 0.349 e. The standard InChI is InChI=1S/C36H35F6N3O4S/c1-21(2)22-8-12-29(13-9-22)50(48,49)45-33(46)20-32(23-6-4-3-5-7-23)44-34(47)25-11-15-30-24(16-25)10-14-31(43-30)26-17-27(35(37,38)39)19-28(18-26)36(40,41)42/h8-19,21,23,32H,3-7,20H2,1-2H3,(H,44,47)(H,45,46). The monoisotopic (exact) mass is 719 g/mol. The number of rotatable bonds is 9. The number of fused-ring (bicyclic) bond motifs is 1. The molecule has 50 heavy (non-hydrogen) atoms. The third kappa shape index (κ3) is 8.82. The van der Waals surface area contributed by atoms with E-state index in [1.165, 1.54) is 42.5 Å². The fourth-order valence-electron chi connectivity index (χ4n) is 6.14. The Morgan fingerprint density at radius 2 is 1.44 bits per heavy atom. The minimum Gasteiger partial charge on any atom is -0.349 e. The molecule has 2 amide bonds. The summed E-state index contributed by atoms with van der Waals surface area (Å²) in [6, 6.07) is 13.8. The largest absolute Gasteiger partial charge is 0.416 e. The Morgan fingerprint density at radius 3 is 2.02 bits per heavy atom. The van der Waals surface area contributed by atoms with Crippen molar-refractivity contribution in [1.29, 1.82) is 0 Å². The number of pyridine rings is 1. The summed E-state index contributed by atoms with van der Waals surface area (Å²) in [6.45, 7) is 3.94. The molecule has 3 aromatic carbocycles. The third-order valence-electron chi connectivity index (χ3n) is 8.88. The van der Waals surface area contributed by atoms with Gasteiger partial charge in [-0.1, -0.05) is 51.3 Å². The molecule has 0 aliphatic heterocycles. The van der Waals surface area contributed by atoms with Crippen molar-refractivity contribution in [1.82, 2.24) is 15.0 Å². The molecular formula is C36H35F6N3O4S. The van der Waals surface area contributed by atoms with Crippen molar-refractivity contribution < 1.29 is 44.3 Å². The van der Waals surface area contributed by atoms with Crippen molar-refractivity contribution in [3.8, 4) is 11.3 Å². The van der Waals surface area contributed by atoms with Crippen LogP contribution in [0.2, 0.25) is 0 Å². The molecule has 1 aliphatic carbocycles. The predicted octanol–water partition coefficient (Wildman–Crippen LogP) is 8.64. The van der Waals surface area contributed by atoms with Crippen molar-refractivity contribution in [2.24, 2.45) is 5.92 Å². The zero-order valence-electron chi connectivity index (χ0n) is 27.2. The Bertz CT molecular complexity index is 1960. The molecule has 4 aromatic rings. The molecule has 1 aliphatic rings. The number of nitrogens with zero attached hydrogens (tertiary/aromatic N) is 1. The topological polar surface area (TPSA) is 105 Å². The van der Waals surface area contributed by atoms with Gasteiger partial charge in [-0.05, 0) is 84.8 Å². The van der Waals surface area contributed by atoms with E-state index in [1.807, 2.05) is 13.8 Å². The number of alkyl halides is 6. The van der Waals surface area contributed by atoms with Gasteiger partial charge in [0.1, 0.15) is 0 Å². The number of carbonyl (C=O) groups excluding carboxylic acids is 2. The normalized spacial score (nSPS) is 15.2. The van der Waals surface area contributed by atoms with Crippen LogP contribution in [-0.4, -0.2) is 31.3 Å². The number of aromatic nitrogens is 1. The summed E-state index contributed by atoms with van der Waals surface area (Å²) in [5, 5.41) is 3.29. The molecule has 1 atom stereocenters. The Balaban J connectivity index is 1.35. The van der Waals surface area contributed by atoms with E-state index in [0.29, 0.717) is 17.5 Å². The Hall–Kier alpha value is -4.46. The molecule has 1 fully saturated rings. The van der Waals surface area contributed by atoms with Gasteiger partial charge in [-0.15, -0.1) is 0 Å². The minimum atomic E-state index is -5.01. The highest BCUT2D eigenvalue weighted by atomic mass is 32.2. The molecule has 2 N–H and O–H groups in total. The van der Waals surface area contributed by atoms with Crippen LogP contribution in [-0.2, 0) is 27.2 Å². The molecule has 7 nitrogen and oxygen atoms in total. The molecule has 0 spiro atoms. The summed E-state index contributed by atoms with van der Waals surface area (Å²) in [7, 11) is -4.16. The predicted molar refractivity (Wildman–Crippen MR) is 175 cm³/mol. The van der Waals surface area contributed by atoms with E-state index in [9.17, 15) is 44.3 Å². The summed E-state index contributed by atoms with van der Waals surface area (Å²) in [5.74, 6) is -1.20. The van der Waals surface area contributed by atoms with Gasteiger partial charge in [-0.25, -0.2) is 18.1 Å². The van der Waals surface area contributed by atoms with Crippen LogP contribution in [0.5, 0.6) is 0 Å². The average Bonchev–Trinajstić information content (AvgIpc) is 3.06. The molecule has 266 valence electrons. The summed E-state index contributed by atoms with van der Waals surface area (Å²) >= 11 is 0. The van der Waals surface area contributed by atoms with E-state index in [1.54, 1.807) is 12.1 Å². The Labute approximate surface area is 285 Å². The molecule has 1 aromatic heterocycles. The van der Waals surface area contributed by atoms with Gasteiger partial charge >= 0.3 is 12.4 Å². The fraction of sp³-hybridized carbons (Fsp3) is 0.361. The number of carbonyl (C=O) groups is 2. The molecule has 1 saturated carbocycles. The van der Waals surface area contributed by atoms with Crippen molar-refractivity contribution >= 4 is 32.7 Å². The molecule has 1 heterocycles. The second-order valence-electron chi connectivity index (χ2n) is 12.8. The molecular weight excluding hydrogens is 684 g/mol. The highest BCUT2D eigenvalue weighted by Gasteiger charge is 2.37. The van der Waals surface area contributed by atoms with Gasteiger partial charge in [-0.2, -0.15) is 26.3 Å². The van der Waals surface area contributed by atoms with Crippen molar-refractivity contribution in [3.05, 3.63) is 95.1 Å². The van der Waals surface area contributed by atoms with Crippen LogP contribution in [0.3, 0.4) is 0 Å². The van der Waals surface area contributed by atoms with Gasteiger partial charge in [0.25, 0.3) is 15.9 Å². The first-order valence-electron chi connectivity index (χ1n) is 16.1. The quantitative estimate of drug-likeness (QED) is 0.169. The lowest BCUT2D eigenvalue weighted by Gasteiger charge is -2.30.